The second kappa shape index (κ2) is 7.04. The fourth-order valence-electron chi connectivity index (χ4n) is 3.11. The minimum Gasteiger partial charge on any atom is -0.490 e. The molecular weight excluding hydrogens is 314 g/mol. The SMILES string of the molecule is CC[C@H](C)Oc1ccc(NC(=O)[C@](C)(OC)C2CC2)c2ccccc12. The molecule has 25 heavy (non-hydrogen) atoms. The van der Waals surface area contributed by atoms with Gasteiger partial charge >= 0.3 is 0 Å². The van der Waals surface area contributed by atoms with Crippen molar-refractivity contribution in [1.29, 1.82) is 0 Å². The van der Waals surface area contributed by atoms with E-state index in [0.29, 0.717) is 5.92 Å². The fraction of sp³-hybridized carbons (Fsp3) is 0.476. The summed E-state index contributed by atoms with van der Waals surface area (Å²) in [6.45, 7) is 6.04. The van der Waals surface area contributed by atoms with Gasteiger partial charge in [-0.25, -0.2) is 0 Å². The number of carbonyl (C=O) groups excluding carboxylic acids is 1. The van der Waals surface area contributed by atoms with Crippen molar-refractivity contribution in [3.63, 3.8) is 0 Å². The molecule has 0 heterocycles. The van der Waals surface area contributed by atoms with Gasteiger partial charge in [-0.3, -0.25) is 4.79 Å². The van der Waals surface area contributed by atoms with Crippen LogP contribution >= 0.6 is 0 Å². The Hall–Kier alpha value is -2.07. The number of carbonyl (C=O) groups is 1. The van der Waals surface area contributed by atoms with E-state index in [-0.39, 0.29) is 12.0 Å². The molecule has 4 nitrogen and oxygen atoms in total. The van der Waals surface area contributed by atoms with Crippen molar-refractivity contribution in [3.8, 4) is 5.75 Å². The Morgan fingerprint density at radius 2 is 1.92 bits per heavy atom. The van der Waals surface area contributed by atoms with Gasteiger partial charge < -0.3 is 14.8 Å². The van der Waals surface area contributed by atoms with Crippen molar-refractivity contribution in [1.82, 2.24) is 0 Å². The van der Waals surface area contributed by atoms with Crippen LogP contribution in [0, 0.1) is 5.92 Å². The molecule has 0 saturated heterocycles. The number of amides is 1. The van der Waals surface area contributed by atoms with Gasteiger partial charge in [0.15, 0.2) is 0 Å². The zero-order valence-corrected chi connectivity index (χ0v) is 15.5. The number of ether oxygens (including phenoxy) is 2. The summed E-state index contributed by atoms with van der Waals surface area (Å²) in [7, 11) is 1.61. The Kier molecular flexibility index (Phi) is 5.00. The highest BCUT2D eigenvalue weighted by Gasteiger charge is 2.47. The zero-order chi connectivity index (χ0) is 18.0. The van der Waals surface area contributed by atoms with Crippen molar-refractivity contribution >= 4 is 22.4 Å². The maximum atomic E-state index is 12.8. The highest BCUT2D eigenvalue weighted by molar-refractivity contribution is 6.06. The lowest BCUT2D eigenvalue weighted by atomic mass is 9.98. The summed E-state index contributed by atoms with van der Waals surface area (Å²) in [5.74, 6) is 1.06. The number of anilines is 1. The molecule has 1 aliphatic carbocycles. The number of hydrogen-bond acceptors (Lipinski definition) is 3. The molecule has 0 bridgehead atoms. The number of rotatable bonds is 7. The summed E-state index contributed by atoms with van der Waals surface area (Å²) in [5.41, 5.74) is 0.0218. The second-order valence-electron chi connectivity index (χ2n) is 7.03. The van der Waals surface area contributed by atoms with Crippen molar-refractivity contribution < 1.29 is 14.3 Å². The largest absolute Gasteiger partial charge is 0.490 e. The van der Waals surface area contributed by atoms with E-state index in [1.54, 1.807) is 7.11 Å². The third-order valence-electron chi connectivity index (χ3n) is 5.27. The van der Waals surface area contributed by atoms with Crippen LogP contribution in [0.15, 0.2) is 36.4 Å². The lowest BCUT2D eigenvalue weighted by Gasteiger charge is -2.27. The number of hydrogen-bond donors (Lipinski definition) is 1. The Labute approximate surface area is 149 Å². The number of fused-ring (bicyclic) bond motifs is 1. The summed E-state index contributed by atoms with van der Waals surface area (Å²) < 4.78 is 11.6. The van der Waals surface area contributed by atoms with Crippen LogP contribution in [0.3, 0.4) is 0 Å². The van der Waals surface area contributed by atoms with E-state index in [9.17, 15) is 4.79 Å². The van der Waals surface area contributed by atoms with Crippen LogP contribution < -0.4 is 10.1 Å². The highest BCUT2D eigenvalue weighted by Crippen LogP contribution is 2.42. The Balaban J connectivity index is 1.92. The van der Waals surface area contributed by atoms with Gasteiger partial charge in [-0.1, -0.05) is 31.2 Å². The smallest absolute Gasteiger partial charge is 0.256 e. The average Bonchev–Trinajstić information content (AvgIpc) is 3.48. The summed E-state index contributed by atoms with van der Waals surface area (Å²) in [4.78, 5) is 12.8. The maximum absolute atomic E-state index is 12.8. The number of benzene rings is 2. The molecule has 134 valence electrons. The Morgan fingerprint density at radius 1 is 1.24 bits per heavy atom. The molecule has 4 heteroatoms. The van der Waals surface area contributed by atoms with E-state index in [4.69, 9.17) is 9.47 Å². The molecule has 3 rings (SSSR count). The quantitative estimate of drug-likeness (QED) is 0.789. The predicted molar refractivity (Wildman–Crippen MR) is 101 cm³/mol. The standard InChI is InChI=1S/C21H27NO3/c1-5-14(2)25-19-13-12-18(16-8-6-7-9-17(16)19)22-20(23)21(3,24-4)15-10-11-15/h6-9,12-15H,5,10-11H2,1-4H3,(H,22,23)/t14-,21+/m0/s1. The molecule has 1 fully saturated rings. The van der Waals surface area contributed by atoms with Gasteiger partial charge in [0.25, 0.3) is 5.91 Å². The number of methoxy groups -OCH3 is 1. The van der Waals surface area contributed by atoms with Gasteiger partial charge in [0.05, 0.1) is 6.10 Å². The van der Waals surface area contributed by atoms with Crippen molar-refractivity contribution in [2.45, 2.75) is 51.7 Å². The first-order chi connectivity index (χ1) is 12.0. The monoisotopic (exact) mass is 341 g/mol. The fourth-order valence-corrected chi connectivity index (χ4v) is 3.11. The molecule has 0 radical (unpaired) electrons. The van der Waals surface area contributed by atoms with Crippen molar-refractivity contribution in [2.24, 2.45) is 5.92 Å². The molecule has 2 aromatic rings. The molecular formula is C21H27NO3. The van der Waals surface area contributed by atoms with E-state index in [2.05, 4.69) is 19.2 Å². The first-order valence-corrected chi connectivity index (χ1v) is 9.04. The topological polar surface area (TPSA) is 47.6 Å². The van der Waals surface area contributed by atoms with Crippen LogP contribution in [0.1, 0.15) is 40.0 Å². The van der Waals surface area contributed by atoms with Gasteiger partial charge in [0.1, 0.15) is 11.4 Å². The normalized spacial score (nSPS) is 17.8. The van der Waals surface area contributed by atoms with E-state index in [1.165, 1.54) is 0 Å². The van der Waals surface area contributed by atoms with Crippen LogP contribution in [0.2, 0.25) is 0 Å². The molecule has 1 N–H and O–H groups in total. The minimum absolute atomic E-state index is 0.0850. The van der Waals surface area contributed by atoms with E-state index >= 15 is 0 Å². The van der Waals surface area contributed by atoms with E-state index < -0.39 is 5.60 Å². The molecule has 2 aromatic carbocycles. The molecule has 0 aromatic heterocycles. The van der Waals surface area contributed by atoms with E-state index in [1.807, 2.05) is 43.3 Å². The molecule has 1 amide bonds. The van der Waals surface area contributed by atoms with E-state index in [0.717, 1.165) is 41.5 Å². The summed E-state index contributed by atoms with van der Waals surface area (Å²) >= 11 is 0. The minimum atomic E-state index is -0.771. The lowest BCUT2D eigenvalue weighted by molar-refractivity contribution is -0.138. The highest BCUT2D eigenvalue weighted by atomic mass is 16.5. The first-order valence-electron chi connectivity index (χ1n) is 9.04. The van der Waals surface area contributed by atoms with Gasteiger partial charge in [0, 0.05) is 23.6 Å². The first kappa shape index (κ1) is 17.7. The molecule has 1 saturated carbocycles. The van der Waals surface area contributed by atoms with Crippen LogP contribution in [0.5, 0.6) is 5.75 Å². The Bertz CT molecular complexity index is 769. The van der Waals surface area contributed by atoms with Gasteiger partial charge in [-0.05, 0) is 51.2 Å². The number of nitrogens with one attached hydrogen (secondary N) is 1. The molecule has 0 aliphatic heterocycles. The molecule has 1 aliphatic rings. The second-order valence-corrected chi connectivity index (χ2v) is 7.03. The van der Waals surface area contributed by atoms with Gasteiger partial charge in [-0.15, -0.1) is 0 Å². The third kappa shape index (κ3) is 3.49. The lowest BCUT2D eigenvalue weighted by Crippen LogP contribution is -2.44. The molecule has 0 spiro atoms. The Morgan fingerprint density at radius 3 is 2.52 bits per heavy atom. The third-order valence-corrected chi connectivity index (χ3v) is 5.27. The molecule has 0 unspecified atom stereocenters. The average molecular weight is 341 g/mol. The predicted octanol–water partition coefficient (Wildman–Crippen LogP) is 4.77. The van der Waals surface area contributed by atoms with Gasteiger partial charge in [-0.2, -0.15) is 0 Å². The van der Waals surface area contributed by atoms with Crippen LogP contribution in [0.25, 0.3) is 10.8 Å². The zero-order valence-electron chi connectivity index (χ0n) is 15.5. The van der Waals surface area contributed by atoms with Crippen LogP contribution in [0.4, 0.5) is 5.69 Å². The maximum Gasteiger partial charge on any atom is 0.256 e. The van der Waals surface area contributed by atoms with Crippen molar-refractivity contribution in [3.05, 3.63) is 36.4 Å². The summed E-state index contributed by atoms with van der Waals surface area (Å²) in [6.07, 6.45) is 3.18. The van der Waals surface area contributed by atoms with Crippen LogP contribution in [-0.2, 0) is 9.53 Å². The molecule has 2 atom stereocenters. The van der Waals surface area contributed by atoms with Gasteiger partial charge in [0.2, 0.25) is 0 Å². The summed E-state index contributed by atoms with van der Waals surface area (Å²) in [6, 6.07) is 11.9. The van der Waals surface area contributed by atoms with Crippen LogP contribution in [-0.4, -0.2) is 24.7 Å². The van der Waals surface area contributed by atoms with Crippen molar-refractivity contribution in [2.75, 3.05) is 12.4 Å². The summed E-state index contributed by atoms with van der Waals surface area (Å²) in [5, 5.41) is 5.06.